The van der Waals surface area contributed by atoms with Gasteiger partial charge in [-0.2, -0.15) is 0 Å². The number of anilines is 1. The molecule has 0 radical (unpaired) electrons. The fourth-order valence-electron chi connectivity index (χ4n) is 2.15. The van der Waals surface area contributed by atoms with Crippen LogP contribution in [0.3, 0.4) is 0 Å². The molecule has 0 aromatic heterocycles. The maximum absolute atomic E-state index is 12.7. The Morgan fingerprint density at radius 3 is 2.72 bits per heavy atom. The fourth-order valence-corrected chi connectivity index (χ4v) is 2.15. The van der Waals surface area contributed by atoms with E-state index in [1.54, 1.807) is 0 Å². The summed E-state index contributed by atoms with van der Waals surface area (Å²) in [4.78, 5) is 11.7. The quantitative estimate of drug-likeness (QED) is 0.752. The van der Waals surface area contributed by atoms with Crippen LogP contribution in [0.1, 0.15) is 13.3 Å². The lowest BCUT2D eigenvalue weighted by Gasteiger charge is -2.28. The van der Waals surface area contributed by atoms with Crippen molar-refractivity contribution in [2.45, 2.75) is 19.4 Å². The van der Waals surface area contributed by atoms with Crippen LogP contribution in [-0.4, -0.2) is 25.2 Å². The molecular formula is C13H18FN3O. The van der Waals surface area contributed by atoms with E-state index in [0.29, 0.717) is 11.6 Å². The largest absolute Gasteiger partial charge is 0.334 e. The highest BCUT2D eigenvalue weighted by Crippen LogP contribution is 2.11. The number of nitrogens with one attached hydrogen (secondary N) is 3. The van der Waals surface area contributed by atoms with Crippen molar-refractivity contribution in [2.24, 2.45) is 5.92 Å². The van der Waals surface area contributed by atoms with Gasteiger partial charge < -0.3 is 16.0 Å². The molecule has 2 amide bonds. The molecule has 2 rings (SSSR count). The second kappa shape index (κ2) is 5.82. The van der Waals surface area contributed by atoms with E-state index in [2.05, 4.69) is 22.9 Å². The van der Waals surface area contributed by atoms with Gasteiger partial charge in [0.25, 0.3) is 0 Å². The molecule has 1 aromatic rings. The molecular weight excluding hydrogens is 233 g/mol. The van der Waals surface area contributed by atoms with Crippen molar-refractivity contribution in [3.8, 4) is 0 Å². The number of urea groups is 1. The summed E-state index contributed by atoms with van der Waals surface area (Å²) >= 11 is 0. The van der Waals surface area contributed by atoms with E-state index in [0.717, 1.165) is 19.5 Å². The molecule has 1 aromatic carbocycles. The SMILES string of the molecule is CC1CNCC(NC(=O)Nc2ccc(F)cc2)C1. The predicted molar refractivity (Wildman–Crippen MR) is 69.0 cm³/mol. The first-order chi connectivity index (χ1) is 8.63. The van der Waals surface area contributed by atoms with Crippen molar-refractivity contribution >= 4 is 11.7 Å². The number of rotatable bonds is 2. The van der Waals surface area contributed by atoms with Crippen LogP contribution in [0.4, 0.5) is 14.9 Å². The molecule has 98 valence electrons. The molecule has 1 aliphatic heterocycles. The molecule has 0 spiro atoms. The molecule has 1 aliphatic rings. The molecule has 1 heterocycles. The molecule has 5 heteroatoms. The van der Waals surface area contributed by atoms with Gasteiger partial charge in [-0.15, -0.1) is 0 Å². The first kappa shape index (κ1) is 12.8. The van der Waals surface area contributed by atoms with Crippen LogP contribution in [0.15, 0.2) is 24.3 Å². The van der Waals surface area contributed by atoms with Gasteiger partial charge in [0.05, 0.1) is 0 Å². The Morgan fingerprint density at radius 2 is 2.06 bits per heavy atom. The van der Waals surface area contributed by atoms with Crippen molar-refractivity contribution in [3.05, 3.63) is 30.1 Å². The van der Waals surface area contributed by atoms with E-state index < -0.39 is 0 Å². The van der Waals surface area contributed by atoms with Crippen molar-refractivity contribution in [1.82, 2.24) is 10.6 Å². The number of amides is 2. The zero-order chi connectivity index (χ0) is 13.0. The number of benzene rings is 1. The third-order valence-electron chi connectivity index (χ3n) is 3.01. The van der Waals surface area contributed by atoms with Crippen LogP contribution in [0.5, 0.6) is 0 Å². The van der Waals surface area contributed by atoms with Gasteiger partial charge in [-0.05, 0) is 43.1 Å². The van der Waals surface area contributed by atoms with Crippen LogP contribution < -0.4 is 16.0 Å². The van der Waals surface area contributed by atoms with Gasteiger partial charge in [-0.25, -0.2) is 9.18 Å². The summed E-state index contributed by atoms with van der Waals surface area (Å²) in [6, 6.07) is 5.62. The average Bonchev–Trinajstić information content (AvgIpc) is 2.32. The molecule has 18 heavy (non-hydrogen) atoms. The summed E-state index contributed by atoms with van der Waals surface area (Å²) < 4.78 is 12.7. The molecule has 0 aliphatic carbocycles. The third-order valence-corrected chi connectivity index (χ3v) is 3.01. The first-order valence-corrected chi connectivity index (χ1v) is 6.17. The topological polar surface area (TPSA) is 53.2 Å². The van der Waals surface area contributed by atoms with Gasteiger partial charge in [0.1, 0.15) is 5.82 Å². The van der Waals surface area contributed by atoms with Gasteiger partial charge in [-0.1, -0.05) is 6.92 Å². The highest BCUT2D eigenvalue weighted by atomic mass is 19.1. The molecule has 0 saturated carbocycles. The van der Waals surface area contributed by atoms with Gasteiger partial charge in [-0.3, -0.25) is 0 Å². The lowest BCUT2D eigenvalue weighted by molar-refractivity contribution is 0.241. The second-order valence-corrected chi connectivity index (χ2v) is 4.80. The maximum Gasteiger partial charge on any atom is 0.319 e. The standard InChI is InChI=1S/C13H18FN3O/c1-9-6-12(8-15-7-9)17-13(18)16-11-4-2-10(14)3-5-11/h2-5,9,12,15H,6-8H2,1H3,(H2,16,17,18). The Hall–Kier alpha value is -1.62. The number of carbonyl (C=O) groups excluding carboxylic acids is 1. The van der Waals surface area contributed by atoms with E-state index >= 15 is 0 Å². The van der Waals surface area contributed by atoms with Gasteiger partial charge >= 0.3 is 6.03 Å². The van der Waals surface area contributed by atoms with Gasteiger partial charge in [0.2, 0.25) is 0 Å². The molecule has 2 unspecified atom stereocenters. The minimum atomic E-state index is -0.314. The highest BCUT2D eigenvalue weighted by Gasteiger charge is 2.19. The number of hydrogen-bond acceptors (Lipinski definition) is 2. The normalized spacial score (nSPS) is 23.4. The number of hydrogen-bond donors (Lipinski definition) is 3. The van der Waals surface area contributed by atoms with E-state index in [-0.39, 0.29) is 17.9 Å². The summed E-state index contributed by atoms with van der Waals surface area (Å²) in [6.45, 7) is 3.94. The second-order valence-electron chi connectivity index (χ2n) is 4.80. The van der Waals surface area contributed by atoms with Crippen molar-refractivity contribution in [3.63, 3.8) is 0 Å². The van der Waals surface area contributed by atoms with Gasteiger partial charge in [0.15, 0.2) is 0 Å². The van der Waals surface area contributed by atoms with E-state index in [1.807, 2.05) is 0 Å². The summed E-state index contributed by atoms with van der Waals surface area (Å²) in [7, 11) is 0. The van der Waals surface area contributed by atoms with E-state index in [1.165, 1.54) is 24.3 Å². The van der Waals surface area contributed by atoms with Crippen LogP contribution >= 0.6 is 0 Å². The lowest BCUT2D eigenvalue weighted by atomic mass is 9.98. The van der Waals surface area contributed by atoms with Gasteiger partial charge in [0, 0.05) is 18.3 Å². The summed E-state index contributed by atoms with van der Waals surface area (Å²) in [5.41, 5.74) is 0.589. The van der Waals surface area contributed by atoms with Crippen LogP contribution in [0.2, 0.25) is 0 Å². The molecule has 0 bridgehead atoms. The van der Waals surface area contributed by atoms with Crippen molar-refractivity contribution in [1.29, 1.82) is 0 Å². The smallest absolute Gasteiger partial charge is 0.319 e. The highest BCUT2D eigenvalue weighted by molar-refractivity contribution is 5.89. The molecule has 2 atom stereocenters. The van der Waals surface area contributed by atoms with E-state index in [9.17, 15) is 9.18 Å². The fraction of sp³-hybridized carbons (Fsp3) is 0.462. The number of halogens is 1. The molecule has 3 N–H and O–H groups in total. The summed E-state index contributed by atoms with van der Waals surface area (Å²) in [5.74, 6) is 0.251. The Kier molecular flexibility index (Phi) is 4.15. The molecule has 1 fully saturated rings. The Balaban J connectivity index is 1.83. The van der Waals surface area contributed by atoms with E-state index in [4.69, 9.17) is 0 Å². The minimum absolute atomic E-state index is 0.147. The Morgan fingerprint density at radius 1 is 1.33 bits per heavy atom. The monoisotopic (exact) mass is 251 g/mol. The van der Waals surface area contributed by atoms with Crippen molar-refractivity contribution < 1.29 is 9.18 Å². The lowest BCUT2D eigenvalue weighted by Crippen LogP contribution is -2.49. The van der Waals surface area contributed by atoms with Crippen molar-refractivity contribution in [2.75, 3.05) is 18.4 Å². The molecule has 4 nitrogen and oxygen atoms in total. The number of carbonyl (C=O) groups is 1. The maximum atomic E-state index is 12.7. The Bertz CT molecular complexity index is 407. The van der Waals surface area contributed by atoms with Crippen LogP contribution in [0, 0.1) is 11.7 Å². The predicted octanol–water partition coefficient (Wildman–Crippen LogP) is 1.95. The summed E-state index contributed by atoms with van der Waals surface area (Å²) in [6.07, 6.45) is 0.976. The Labute approximate surface area is 106 Å². The first-order valence-electron chi connectivity index (χ1n) is 6.17. The average molecular weight is 251 g/mol. The molecule has 1 saturated heterocycles. The van der Waals surface area contributed by atoms with Crippen LogP contribution in [-0.2, 0) is 0 Å². The zero-order valence-electron chi connectivity index (χ0n) is 10.4. The number of piperidine rings is 1. The van der Waals surface area contributed by atoms with Crippen LogP contribution in [0.25, 0.3) is 0 Å². The zero-order valence-corrected chi connectivity index (χ0v) is 10.4. The summed E-state index contributed by atoms with van der Waals surface area (Å²) in [5, 5.41) is 8.86. The third kappa shape index (κ3) is 3.70. The minimum Gasteiger partial charge on any atom is -0.334 e.